The van der Waals surface area contributed by atoms with Crippen LogP contribution in [0.3, 0.4) is 0 Å². The Morgan fingerprint density at radius 3 is 2.92 bits per heavy atom. The van der Waals surface area contributed by atoms with Crippen LogP contribution in [0, 0.1) is 6.92 Å². The fourth-order valence-corrected chi connectivity index (χ4v) is 4.10. The van der Waals surface area contributed by atoms with Crippen molar-refractivity contribution in [3.63, 3.8) is 0 Å². The molecule has 134 valence electrons. The standard InChI is InChI=1S/C17H19ClN2O3S2/c1-4-23-15(21)8-13-9-24-17(19-13)25-11(3)16(22)20-14-7-12(18)6-5-10(14)2/h5-7,9,11H,4,8H2,1-3H3,(H,20,22)/t11-/m0/s1. The van der Waals surface area contributed by atoms with Gasteiger partial charge >= 0.3 is 5.97 Å². The number of amides is 1. The molecule has 2 aromatic rings. The van der Waals surface area contributed by atoms with Gasteiger partial charge in [0.25, 0.3) is 0 Å². The quantitative estimate of drug-likeness (QED) is 0.555. The Morgan fingerprint density at radius 2 is 2.20 bits per heavy atom. The molecule has 2 rings (SSSR count). The van der Waals surface area contributed by atoms with Crippen molar-refractivity contribution in [3.05, 3.63) is 39.9 Å². The van der Waals surface area contributed by atoms with E-state index in [4.69, 9.17) is 16.3 Å². The maximum atomic E-state index is 12.4. The number of aromatic nitrogens is 1. The van der Waals surface area contributed by atoms with Crippen molar-refractivity contribution >= 4 is 52.3 Å². The summed E-state index contributed by atoms with van der Waals surface area (Å²) < 4.78 is 5.65. The number of thioether (sulfide) groups is 1. The van der Waals surface area contributed by atoms with E-state index in [9.17, 15) is 9.59 Å². The zero-order chi connectivity index (χ0) is 18.4. The van der Waals surface area contributed by atoms with E-state index in [2.05, 4.69) is 10.3 Å². The Labute approximate surface area is 160 Å². The number of rotatable bonds is 7. The summed E-state index contributed by atoms with van der Waals surface area (Å²) in [5.74, 6) is -0.427. The molecular weight excluding hydrogens is 380 g/mol. The minimum Gasteiger partial charge on any atom is -0.466 e. The number of hydrogen-bond donors (Lipinski definition) is 1. The van der Waals surface area contributed by atoms with Crippen molar-refractivity contribution in [3.8, 4) is 0 Å². The molecule has 1 amide bonds. The minimum atomic E-state index is -0.333. The van der Waals surface area contributed by atoms with Gasteiger partial charge in [0, 0.05) is 16.1 Å². The molecule has 0 saturated carbocycles. The topological polar surface area (TPSA) is 68.3 Å². The van der Waals surface area contributed by atoms with Crippen LogP contribution >= 0.6 is 34.7 Å². The summed E-state index contributed by atoms with van der Waals surface area (Å²) in [7, 11) is 0. The average Bonchev–Trinajstić information content (AvgIpc) is 2.97. The van der Waals surface area contributed by atoms with E-state index in [1.165, 1.54) is 23.1 Å². The molecule has 0 aliphatic rings. The summed E-state index contributed by atoms with van der Waals surface area (Å²) in [4.78, 5) is 28.2. The summed E-state index contributed by atoms with van der Waals surface area (Å²) in [6.07, 6.45) is 0.146. The highest BCUT2D eigenvalue weighted by Gasteiger charge is 2.18. The van der Waals surface area contributed by atoms with Gasteiger partial charge in [-0.3, -0.25) is 9.59 Å². The first kappa shape index (κ1) is 19.8. The Hall–Kier alpha value is -1.57. The fraction of sp³-hybridized carbons (Fsp3) is 0.353. The number of nitrogens with zero attached hydrogens (tertiary/aromatic N) is 1. The molecule has 1 atom stereocenters. The zero-order valence-electron chi connectivity index (χ0n) is 14.2. The summed E-state index contributed by atoms with van der Waals surface area (Å²) in [6, 6.07) is 5.37. The van der Waals surface area contributed by atoms with Gasteiger partial charge in [-0.05, 0) is 38.5 Å². The normalized spacial score (nSPS) is 11.8. The van der Waals surface area contributed by atoms with Gasteiger partial charge in [-0.15, -0.1) is 11.3 Å². The summed E-state index contributed by atoms with van der Waals surface area (Å²) >= 11 is 8.74. The van der Waals surface area contributed by atoms with Crippen LogP contribution in [0.15, 0.2) is 27.9 Å². The lowest BCUT2D eigenvalue weighted by Gasteiger charge is -2.12. The lowest BCUT2D eigenvalue weighted by Crippen LogP contribution is -2.22. The van der Waals surface area contributed by atoms with Gasteiger partial charge in [0.15, 0.2) is 4.34 Å². The number of ether oxygens (including phenoxy) is 1. The number of anilines is 1. The second kappa shape index (κ2) is 9.22. The Balaban J connectivity index is 1.94. The van der Waals surface area contributed by atoms with Crippen LogP contribution in [0.2, 0.25) is 5.02 Å². The van der Waals surface area contributed by atoms with Gasteiger partial charge < -0.3 is 10.1 Å². The predicted molar refractivity (Wildman–Crippen MR) is 103 cm³/mol. The summed E-state index contributed by atoms with van der Waals surface area (Å²) in [5.41, 5.74) is 2.30. The molecule has 0 bridgehead atoms. The molecule has 0 aliphatic carbocycles. The molecule has 0 unspecified atom stereocenters. The van der Waals surface area contributed by atoms with E-state index in [-0.39, 0.29) is 23.5 Å². The second-order valence-corrected chi connectivity index (χ2v) is 8.18. The number of carbonyl (C=O) groups excluding carboxylic acids is 2. The molecule has 0 spiro atoms. The van der Waals surface area contributed by atoms with Crippen LogP contribution in [0.25, 0.3) is 0 Å². The monoisotopic (exact) mass is 398 g/mol. The van der Waals surface area contributed by atoms with E-state index >= 15 is 0 Å². The molecule has 1 aromatic carbocycles. The Morgan fingerprint density at radius 1 is 1.44 bits per heavy atom. The fourth-order valence-electron chi connectivity index (χ4n) is 1.95. The predicted octanol–water partition coefficient (Wildman–Crippen LogP) is 4.33. The molecule has 0 radical (unpaired) electrons. The van der Waals surface area contributed by atoms with Gasteiger partial charge in [0.2, 0.25) is 5.91 Å². The maximum Gasteiger partial charge on any atom is 0.311 e. The molecule has 1 N–H and O–H groups in total. The number of esters is 1. The first-order valence-corrected chi connectivity index (χ1v) is 9.86. The third-order valence-electron chi connectivity index (χ3n) is 3.27. The summed E-state index contributed by atoms with van der Waals surface area (Å²) in [5, 5.41) is 4.94. The van der Waals surface area contributed by atoms with E-state index in [1.54, 1.807) is 19.1 Å². The molecule has 8 heteroatoms. The Bertz CT molecular complexity index is 764. The van der Waals surface area contributed by atoms with E-state index in [0.29, 0.717) is 23.0 Å². The van der Waals surface area contributed by atoms with Crippen molar-refractivity contribution in [2.45, 2.75) is 36.8 Å². The number of halogens is 1. The smallest absolute Gasteiger partial charge is 0.311 e. The van der Waals surface area contributed by atoms with Crippen LogP contribution in [-0.4, -0.2) is 28.7 Å². The average molecular weight is 399 g/mol. The first-order valence-electron chi connectivity index (χ1n) is 7.72. The van der Waals surface area contributed by atoms with Gasteiger partial charge in [-0.2, -0.15) is 0 Å². The number of thiazole rings is 1. The second-order valence-electron chi connectivity index (χ2n) is 5.30. The van der Waals surface area contributed by atoms with Crippen LogP contribution in [-0.2, 0) is 20.7 Å². The van der Waals surface area contributed by atoms with E-state index in [0.717, 1.165) is 9.90 Å². The zero-order valence-corrected chi connectivity index (χ0v) is 16.6. The molecule has 25 heavy (non-hydrogen) atoms. The van der Waals surface area contributed by atoms with Gasteiger partial charge in [0.05, 0.1) is 24.0 Å². The molecule has 1 heterocycles. The van der Waals surface area contributed by atoms with Crippen molar-refractivity contribution in [2.75, 3.05) is 11.9 Å². The number of hydrogen-bond acceptors (Lipinski definition) is 6. The molecule has 0 fully saturated rings. The lowest BCUT2D eigenvalue weighted by atomic mass is 10.2. The largest absolute Gasteiger partial charge is 0.466 e. The molecule has 5 nitrogen and oxygen atoms in total. The third kappa shape index (κ3) is 6.02. The number of nitrogens with one attached hydrogen (secondary N) is 1. The lowest BCUT2D eigenvalue weighted by molar-refractivity contribution is -0.142. The highest BCUT2D eigenvalue weighted by Crippen LogP contribution is 2.28. The number of aryl methyl sites for hydroxylation is 1. The molecule has 1 aromatic heterocycles. The van der Waals surface area contributed by atoms with Crippen LogP contribution in [0.1, 0.15) is 25.1 Å². The maximum absolute atomic E-state index is 12.4. The Kier molecular flexibility index (Phi) is 7.28. The minimum absolute atomic E-state index is 0.127. The summed E-state index contributed by atoms with van der Waals surface area (Å²) in [6.45, 7) is 5.84. The highest BCUT2D eigenvalue weighted by molar-refractivity contribution is 8.02. The highest BCUT2D eigenvalue weighted by atomic mass is 35.5. The molecule has 0 aliphatic heterocycles. The molecular formula is C17H19ClN2O3S2. The van der Waals surface area contributed by atoms with Crippen molar-refractivity contribution in [1.82, 2.24) is 4.98 Å². The van der Waals surface area contributed by atoms with Crippen LogP contribution in [0.5, 0.6) is 0 Å². The number of carbonyl (C=O) groups is 2. The SMILES string of the molecule is CCOC(=O)Cc1csc(S[C@@H](C)C(=O)Nc2cc(Cl)ccc2C)n1. The van der Waals surface area contributed by atoms with Crippen LogP contribution < -0.4 is 5.32 Å². The van der Waals surface area contributed by atoms with Crippen molar-refractivity contribution < 1.29 is 14.3 Å². The van der Waals surface area contributed by atoms with Gasteiger partial charge in [0.1, 0.15) is 0 Å². The number of benzene rings is 1. The van der Waals surface area contributed by atoms with E-state index < -0.39 is 0 Å². The molecule has 0 saturated heterocycles. The van der Waals surface area contributed by atoms with Crippen molar-refractivity contribution in [2.24, 2.45) is 0 Å². The third-order valence-corrected chi connectivity index (χ3v) is 5.62. The van der Waals surface area contributed by atoms with Crippen LogP contribution in [0.4, 0.5) is 5.69 Å². The first-order chi connectivity index (χ1) is 11.9. The van der Waals surface area contributed by atoms with Gasteiger partial charge in [-0.1, -0.05) is 29.4 Å². The van der Waals surface area contributed by atoms with Gasteiger partial charge in [-0.25, -0.2) is 4.98 Å². The van der Waals surface area contributed by atoms with E-state index in [1.807, 2.05) is 25.3 Å². The van der Waals surface area contributed by atoms with Crippen molar-refractivity contribution in [1.29, 1.82) is 0 Å².